The van der Waals surface area contributed by atoms with Gasteiger partial charge in [0.25, 0.3) is 5.69 Å². The van der Waals surface area contributed by atoms with E-state index in [1.54, 1.807) is 18.2 Å². The molecule has 15 heavy (non-hydrogen) atoms. The van der Waals surface area contributed by atoms with Crippen LogP contribution in [0, 0.1) is 10.1 Å². The minimum atomic E-state index is -0.363. The first kappa shape index (κ1) is 9.71. The molecule has 0 unspecified atom stereocenters. The number of aromatic nitrogens is 1. The van der Waals surface area contributed by atoms with Gasteiger partial charge in [0.1, 0.15) is 0 Å². The fourth-order valence-electron chi connectivity index (χ4n) is 1.85. The Kier molecular flexibility index (Phi) is 2.19. The molecule has 0 spiro atoms. The van der Waals surface area contributed by atoms with Crippen LogP contribution in [0.2, 0.25) is 0 Å². The van der Waals surface area contributed by atoms with Gasteiger partial charge in [-0.1, -0.05) is 6.92 Å². The van der Waals surface area contributed by atoms with Crippen LogP contribution in [0.1, 0.15) is 12.6 Å². The van der Waals surface area contributed by atoms with Crippen LogP contribution in [0.3, 0.4) is 0 Å². The number of nitro benzene ring substituents is 1. The lowest BCUT2D eigenvalue weighted by atomic mass is 10.2. The maximum atomic E-state index is 10.6. The summed E-state index contributed by atoms with van der Waals surface area (Å²) < 4.78 is 2.07. The van der Waals surface area contributed by atoms with Crippen molar-refractivity contribution < 1.29 is 4.92 Å². The molecule has 2 rings (SSSR count). The molecule has 4 nitrogen and oxygen atoms in total. The van der Waals surface area contributed by atoms with Gasteiger partial charge in [0.2, 0.25) is 0 Å². The SMILES string of the molecule is CCc1cc2cc([N+](=O)[O-])ccc2n1C. The molecular weight excluding hydrogens is 192 g/mol. The molecule has 0 saturated heterocycles. The predicted octanol–water partition coefficient (Wildman–Crippen LogP) is 2.65. The van der Waals surface area contributed by atoms with Crippen LogP contribution in [0.4, 0.5) is 5.69 Å². The normalized spacial score (nSPS) is 10.8. The maximum absolute atomic E-state index is 10.6. The van der Waals surface area contributed by atoms with Crippen LogP contribution in [0.5, 0.6) is 0 Å². The Hall–Kier alpha value is -1.84. The first-order valence-electron chi connectivity index (χ1n) is 4.86. The Morgan fingerprint density at radius 2 is 2.13 bits per heavy atom. The van der Waals surface area contributed by atoms with Crippen LogP contribution < -0.4 is 0 Å². The fraction of sp³-hybridized carbons (Fsp3) is 0.273. The monoisotopic (exact) mass is 204 g/mol. The topological polar surface area (TPSA) is 48.1 Å². The van der Waals surface area contributed by atoms with E-state index >= 15 is 0 Å². The van der Waals surface area contributed by atoms with Crippen LogP contribution >= 0.6 is 0 Å². The highest BCUT2D eigenvalue weighted by Crippen LogP contribution is 2.23. The van der Waals surface area contributed by atoms with Gasteiger partial charge in [0.15, 0.2) is 0 Å². The van der Waals surface area contributed by atoms with Crippen molar-refractivity contribution in [1.29, 1.82) is 0 Å². The lowest BCUT2D eigenvalue weighted by molar-refractivity contribution is -0.384. The molecule has 1 aromatic carbocycles. The second-order valence-electron chi connectivity index (χ2n) is 3.55. The summed E-state index contributed by atoms with van der Waals surface area (Å²) in [5.41, 5.74) is 2.37. The van der Waals surface area contributed by atoms with Crippen molar-refractivity contribution in [2.24, 2.45) is 7.05 Å². The Balaban J connectivity index is 2.68. The number of nitro groups is 1. The van der Waals surface area contributed by atoms with Gasteiger partial charge in [-0.2, -0.15) is 0 Å². The molecule has 0 aliphatic rings. The van der Waals surface area contributed by atoms with Gasteiger partial charge in [-0.05, 0) is 18.6 Å². The van der Waals surface area contributed by atoms with Crippen LogP contribution in [0.25, 0.3) is 10.9 Å². The van der Waals surface area contributed by atoms with Gasteiger partial charge in [0, 0.05) is 35.8 Å². The molecule has 0 fully saturated rings. The van der Waals surface area contributed by atoms with Gasteiger partial charge < -0.3 is 4.57 Å². The quantitative estimate of drug-likeness (QED) is 0.557. The summed E-state index contributed by atoms with van der Waals surface area (Å²) in [5.74, 6) is 0. The Morgan fingerprint density at radius 3 is 2.73 bits per heavy atom. The second-order valence-corrected chi connectivity index (χ2v) is 3.55. The number of nitrogens with zero attached hydrogens (tertiary/aromatic N) is 2. The smallest absolute Gasteiger partial charge is 0.270 e. The highest BCUT2D eigenvalue weighted by Gasteiger charge is 2.09. The molecule has 0 bridgehead atoms. The lowest BCUT2D eigenvalue weighted by Crippen LogP contribution is -1.93. The van der Waals surface area contributed by atoms with E-state index in [1.165, 1.54) is 5.69 Å². The molecule has 0 saturated carbocycles. The highest BCUT2D eigenvalue weighted by molar-refractivity contribution is 5.83. The summed E-state index contributed by atoms with van der Waals surface area (Å²) in [5, 5.41) is 11.5. The number of hydrogen-bond acceptors (Lipinski definition) is 2. The first-order chi connectivity index (χ1) is 7.13. The summed E-state index contributed by atoms with van der Waals surface area (Å²) in [6.45, 7) is 2.07. The molecule has 0 amide bonds. The third-order valence-electron chi connectivity index (χ3n) is 2.70. The standard InChI is InChI=1S/C11H12N2O2/c1-3-9-6-8-7-10(13(14)15)4-5-11(8)12(9)2/h4-7H,3H2,1-2H3. The molecule has 0 N–H and O–H groups in total. The van der Waals surface area contributed by atoms with Gasteiger partial charge in [0.05, 0.1) is 4.92 Å². The maximum Gasteiger partial charge on any atom is 0.270 e. The van der Waals surface area contributed by atoms with Gasteiger partial charge in [-0.15, -0.1) is 0 Å². The number of fused-ring (bicyclic) bond motifs is 1. The molecule has 0 aliphatic heterocycles. The minimum Gasteiger partial charge on any atom is -0.348 e. The first-order valence-corrected chi connectivity index (χ1v) is 4.86. The largest absolute Gasteiger partial charge is 0.348 e. The van der Waals surface area contributed by atoms with Crippen molar-refractivity contribution in [2.75, 3.05) is 0 Å². The molecule has 0 radical (unpaired) electrons. The van der Waals surface area contributed by atoms with Gasteiger partial charge >= 0.3 is 0 Å². The molecule has 1 heterocycles. The third kappa shape index (κ3) is 1.48. The summed E-state index contributed by atoms with van der Waals surface area (Å²) in [6.07, 6.45) is 0.930. The van der Waals surface area contributed by atoms with Crippen molar-refractivity contribution >= 4 is 16.6 Å². The lowest BCUT2D eigenvalue weighted by Gasteiger charge is -1.99. The highest BCUT2D eigenvalue weighted by atomic mass is 16.6. The van der Waals surface area contributed by atoms with E-state index in [0.717, 1.165) is 17.3 Å². The summed E-state index contributed by atoms with van der Waals surface area (Å²) in [7, 11) is 1.98. The average molecular weight is 204 g/mol. The Bertz CT molecular complexity index is 529. The third-order valence-corrected chi connectivity index (χ3v) is 2.70. The fourth-order valence-corrected chi connectivity index (χ4v) is 1.85. The molecule has 78 valence electrons. The number of non-ortho nitro benzene ring substituents is 1. The number of aryl methyl sites for hydroxylation is 2. The van der Waals surface area contributed by atoms with Crippen LogP contribution in [0.15, 0.2) is 24.3 Å². The molecule has 0 aliphatic carbocycles. The summed E-state index contributed by atoms with van der Waals surface area (Å²) >= 11 is 0. The number of benzene rings is 1. The molecule has 0 atom stereocenters. The summed E-state index contributed by atoms with van der Waals surface area (Å²) in [6, 6.07) is 6.96. The molecule has 4 heteroatoms. The van der Waals surface area contributed by atoms with E-state index in [2.05, 4.69) is 11.5 Å². The van der Waals surface area contributed by atoms with Crippen molar-refractivity contribution in [3.63, 3.8) is 0 Å². The van der Waals surface area contributed by atoms with E-state index in [1.807, 2.05) is 13.1 Å². The van der Waals surface area contributed by atoms with Crippen LogP contribution in [-0.4, -0.2) is 9.49 Å². The number of hydrogen-bond donors (Lipinski definition) is 0. The molecule has 2 aromatic rings. The molecule has 1 aromatic heterocycles. The minimum absolute atomic E-state index is 0.149. The zero-order valence-corrected chi connectivity index (χ0v) is 8.73. The van der Waals surface area contributed by atoms with Gasteiger partial charge in [-0.25, -0.2) is 0 Å². The molecular formula is C11H12N2O2. The van der Waals surface area contributed by atoms with E-state index in [9.17, 15) is 10.1 Å². The van der Waals surface area contributed by atoms with E-state index in [0.29, 0.717) is 0 Å². The Morgan fingerprint density at radius 1 is 1.40 bits per heavy atom. The van der Waals surface area contributed by atoms with Crippen molar-refractivity contribution in [3.8, 4) is 0 Å². The van der Waals surface area contributed by atoms with Crippen molar-refractivity contribution in [2.45, 2.75) is 13.3 Å². The van der Waals surface area contributed by atoms with Gasteiger partial charge in [-0.3, -0.25) is 10.1 Å². The number of rotatable bonds is 2. The zero-order chi connectivity index (χ0) is 11.0. The Labute approximate surface area is 87.3 Å². The van der Waals surface area contributed by atoms with Crippen LogP contribution in [-0.2, 0) is 13.5 Å². The van der Waals surface area contributed by atoms with Crippen molar-refractivity contribution in [1.82, 2.24) is 4.57 Å². The second kappa shape index (κ2) is 3.38. The predicted molar refractivity (Wildman–Crippen MR) is 59.0 cm³/mol. The van der Waals surface area contributed by atoms with Crippen molar-refractivity contribution in [3.05, 3.63) is 40.1 Å². The summed E-state index contributed by atoms with van der Waals surface area (Å²) in [4.78, 5) is 10.2. The average Bonchev–Trinajstić information content (AvgIpc) is 2.55. The van der Waals surface area contributed by atoms with E-state index < -0.39 is 0 Å². The zero-order valence-electron chi connectivity index (χ0n) is 8.73. The van der Waals surface area contributed by atoms with E-state index in [4.69, 9.17) is 0 Å². The van der Waals surface area contributed by atoms with E-state index in [-0.39, 0.29) is 10.6 Å².